The number of carbonyl (C=O) groups excluding carboxylic acids is 1. The van der Waals surface area contributed by atoms with Gasteiger partial charge in [0, 0.05) is 6.42 Å². The van der Waals surface area contributed by atoms with E-state index in [1.807, 2.05) is 6.92 Å². The molecule has 31 heavy (non-hydrogen) atoms. The van der Waals surface area contributed by atoms with Crippen LogP contribution in [0.15, 0.2) is 11.3 Å². The number of phosphoric acid groups is 1. The van der Waals surface area contributed by atoms with Crippen LogP contribution in [0.2, 0.25) is 0 Å². The van der Waals surface area contributed by atoms with Crippen LogP contribution in [0.5, 0.6) is 0 Å². The Morgan fingerprint density at radius 3 is 2.03 bits per heavy atom. The fourth-order valence-electron chi connectivity index (χ4n) is 4.14. The molecule has 0 bridgehead atoms. The summed E-state index contributed by atoms with van der Waals surface area (Å²) in [6, 6.07) is 0. The van der Waals surface area contributed by atoms with Gasteiger partial charge in [0.05, 0.1) is 18.1 Å². The van der Waals surface area contributed by atoms with Crippen molar-refractivity contribution in [2.75, 3.05) is 19.8 Å². The monoisotopic (exact) mass is 458 g/mol. The lowest BCUT2D eigenvalue weighted by molar-refractivity contribution is -0.245. The van der Waals surface area contributed by atoms with Crippen LogP contribution < -0.4 is 4.89 Å². The number of fused-ring (bicyclic) bond motifs is 1. The van der Waals surface area contributed by atoms with Crippen LogP contribution >= 0.6 is 8.17 Å². The predicted molar refractivity (Wildman–Crippen MR) is 122 cm³/mol. The lowest BCUT2D eigenvalue weighted by Crippen LogP contribution is -2.20. The third-order valence-corrected chi connectivity index (χ3v) is 7.38. The average Bonchev–Trinajstić information content (AvgIpc) is 3.06. The standard InChI is InChI=1S/C24H43O6P/c1-3-5-6-7-8-9-10-11-12-13-14-15-16-18-28-31(26)29-20-21-19-27-24(25)23(21)22(30-31)17-4-2/h21H,3-20H2,1-2H3/t21-,31?/m0/s1. The molecular weight excluding hydrogens is 415 g/mol. The number of esters is 1. The molecule has 2 heterocycles. The van der Waals surface area contributed by atoms with Crippen molar-refractivity contribution in [3.05, 3.63) is 11.3 Å². The van der Waals surface area contributed by atoms with Crippen molar-refractivity contribution in [3.63, 3.8) is 0 Å². The predicted octanol–water partition coefficient (Wildman–Crippen LogP) is 6.41. The molecule has 0 amide bonds. The first kappa shape index (κ1) is 26.6. The third kappa shape index (κ3) is 9.77. The molecule has 2 aliphatic rings. The van der Waals surface area contributed by atoms with E-state index >= 15 is 0 Å². The molecule has 2 aliphatic heterocycles. The van der Waals surface area contributed by atoms with E-state index in [9.17, 15) is 9.69 Å². The van der Waals surface area contributed by atoms with Crippen molar-refractivity contribution in [2.24, 2.45) is 5.92 Å². The van der Waals surface area contributed by atoms with Crippen LogP contribution in [-0.4, -0.2) is 25.8 Å². The first-order valence-electron chi connectivity index (χ1n) is 12.6. The number of hydrogen-bond donors (Lipinski definition) is 0. The van der Waals surface area contributed by atoms with Crippen molar-refractivity contribution in [3.8, 4) is 0 Å². The molecule has 0 aromatic heterocycles. The van der Waals surface area contributed by atoms with Gasteiger partial charge in [0.2, 0.25) is 0 Å². The van der Waals surface area contributed by atoms with E-state index in [2.05, 4.69) is 6.92 Å². The molecule has 0 radical (unpaired) electrons. The zero-order valence-corrected chi connectivity index (χ0v) is 20.6. The number of carbonyl (C=O) groups is 1. The van der Waals surface area contributed by atoms with E-state index in [1.165, 1.54) is 70.6 Å². The summed E-state index contributed by atoms with van der Waals surface area (Å²) >= 11 is 0. The number of phosphoric ester groups is 1. The van der Waals surface area contributed by atoms with Crippen molar-refractivity contribution in [1.82, 2.24) is 0 Å². The fraction of sp³-hybridized carbons (Fsp3) is 0.875. The minimum absolute atomic E-state index is 0.129. The zero-order valence-electron chi connectivity index (χ0n) is 19.7. The molecule has 0 aromatic carbocycles. The van der Waals surface area contributed by atoms with Gasteiger partial charge in [0.25, 0.3) is 0 Å². The van der Waals surface area contributed by atoms with Crippen LogP contribution in [0.25, 0.3) is 0 Å². The largest absolute Gasteiger partial charge is 0.598 e. The minimum Gasteiger partial charge on any atom is -0.598 e. The van der Waals surface area contributed by atoms with E-state index in [-0.39, 0.29) is 25.1 Å². The second kappa shape index (κ2) is 15.2. The highest BCUT2D eigenvalue weighted by atomic mass is 31.2. The summed E-state index contributed by atoms with van der Waals surface area (Å²) in [4.78, 5) is 25.0. The third-order valence-electron chi connectivity index (χ3n) is 5.97. The molecule has 0 aromatic rings. The molecule has 180 valence electrons. The summed E-state index contributed by atoms with van der Waals surface area (Å²) in [6.45, 7) is 4.97. The van der Waals surface area contributed by atoms with Crippen molar-refractivity contribution in [1.29, 1.82) is 0 Å². The number of hydrogen-bond acceptors (Lipinski definition) is 6. The summed E-state index contributed by atoms with van der Waals surface area (Å²) < 4.78 is 21.8. The first-order valence-corrected chi connectivity index (χ1v) is 14.0. The summed E-state index contributed by atoms with van der Waals surface area (Å²) in [5, 5.41) is 0. The highest BCUT2D eigenvalue weighted by Gasteiger charge is 2.46. The zero-order chi connectivity index (χ0) is 22.4. The Balaban J connectivity index is 1.54. The second-order valence-corrected chi connectivity index (χ2v) is 10.4. The Morgan fingerprint density at radius 2 is 1.45 bits per heavy atom. The molecule has 1 unspecified atom stereocenters. The van der Waals surface area contributed by atoms with Gasteiger partial charge >= 0.3 is 14.1 Å². The highest BCUT2D eigenvalue weighted by molar-refractivity contribution is 7.54. The molecule has 2 rings (SSSR count). The van der Waals surface area contributed by atoms with Gasteiger partial charge in [0.15, 0.2) is 5.76 Å². The molecule has 1 fully saturated rings. The van der Waals surface area contributed by atoms with Crippen LogP contribution in [0, 0.1) is 5.92 Å². The topological polar surface area (TPSA) is 77.0 Å². The molecule has 0 N–H and O–H groups in total. The average molecular weight is 459 g/mol. The summed E-state index contributed by atoms with van der Waals surface area (Å²) in [5.74, 6) is -0.187. The number of cyclic esters (lactones) is 1. The van der Waals surface area contributed by atoms with Crippen molar-refractivity contribution < 1.29 is 28.0 Å². The summed E-state index contributed by atoms with van der Waals surface area (Å²) in [6.07, 6.45) is 17.8. The van der Waals surface area contributed by atoms with Gasteiger partial charge in [-0.2, -0.15) is 9.05 Å². The first-order chi connectivity index (χ1) is 15.1. The van der Waals surface area contributed by atoms with E-state index in [0.717, 1.165) is 19.3 Å². The Kier molecular flexibility index (Phi) is 13.0. The maximum absolute atomic E-state index is 12.9. The highest BCUT2D eigenvalue weighted by Crippen LogP contribution is 2.59. The lowest BCUT2D eigenvalue weighted by Gasteiger charge is -2.24. The fourth-order valence-corrected chi connectivity index (χ4v) is 5.49. The van der Waals surface area contributed by atoms with Gasteiger partial charge in [-0.3, -0.25) is 4.52 Å². The van der Waals surface area contributed by atoms with Crippen LogP contribution in [0.4, 0.5) is 0 Å². The number of ether oxygens (including phenoxy) is 1. The summed E-state index contributed by atoms with van der Waals surface area (Å²) in [5.41, 5.74) is 0.476. The Morgan fingerprint density at radius 1 is 0.871 bits per heavy atom. The maximum atomic E-state index is 12.9. The minimum atomic E-state index is -3.67. The molecule has 1 saturated heterocycles. The molecular formula is C24H43O6P. The normalized spacial score (nSPS) is 23.5. The van der Waals surface area contributed by atoms with Gasteiger partial charge in [-0.15, -0.1) is 0 Å². The van der Waals surface area contributed by atoms with Crippen molar-refractivity contribution >= 4 is 14.1 Å². The van der Waals surface area contributed by atoms with E-state index in [4.69, 9.17) is 18.3 Å². The van der Waals surface area contributed by atoms with Gasteiger partial charge in [0.1, 0.15) is 13.2 Å². The maximum Gasteiger partial charge on any atom is 0.428 e. The SMILES string of the molecule is CCCCCCCCCCCCCCCO[P+]1([O-])OC[C@@H]2COC(=O)C2=C(CCC)O1. The van der Waals surface area contributed by atoms with Gasteiger partial charge in [-0.25, -0.2) is 4.79 Å². The van der Waals surface area contributed by atoms with Gasteiger partial charge in [-0.05, 0) is 12.8 Å². The quantitative estimate of drug-likeness (QED) is 0.142. The van der Waals surface area contributed by atoms with Crippen LogP contribution in [0.3, 0.4) is 0 Å². The van der Waals surface area contributed by atoms with Gasteiger partial charge in [-0.1, -0.05) is 90.9 Å². The Labute approximate surface area is 189 Å². The Hall–Kier alpha value is -0.680. The van der Waals surface area contributed by atoms with E-state index in [0.29, 0.717) is 24.4 Å². The number of rotatable bonds is 17. The molecule has 2 atom stereocenters. The molecule has 7 heteroatoms. The van der Waals surface area contributed by atoms with Gasteiger partial charge < -0.3 is 9.63 Å². The Bertz CT molecular complexity index is 552. The number of unbranched alkanes of at least 4 members (excludes halogenated alkanes) is 12. The summed E-state index contributed by atoms with van der Waals surface area (Å²) in [7, 11) is -3.67. The molecule has 0 spiro atoms. The van der Waals surface area contributed by atoms with E-state index < -0.39 is 8.17 Å². The van der Waals surface area contributed by atoms with Crippen LogP contribution in [-0.2, 0) is 23.1 Å². The smallest absolute Gasteiger partial charge is 0.428 e. The lowest BCUT2D eigenvalue weighted by atomic mass is 10.0. The number of allylic oxidation sites excluding steroid dienone is 1. The molecule has 0 saturated carbocycles. The van der Waals surface area contributed by atoms with E-state index in [1.54, 1.807) is 0 Å². The molecule has 0 aliphatic carbocycles. The van der Waals surface area contributed by atoms with Crippen molar-refractivity contribution in [2.45, 2.75) is 110 Å². The van der Waals surface area contributed by atoms with Crippen LogP contribution in [0.1, 0.15) is 110 Å². The molecule has 6 nitrogen and oxygen atoms in total. The second-order valence-electron chi connectivity index (χ2n) is 8.79.